The van der Waals surface area contributed by atoms with Crippen LogP contribution in [-0.2, 0) is 37.9 Å². The van der Waals surface area contributed by atoms with E-state index in [2.05, 4.69) is 193 Å². The van der Waals surface area contributed by atoms with Crippen molar-refractivity contribution in [2.45, 2.75) is 180 Å². The molecule has 0 saturated heterocycles. The van der Waals surface area contributed by atoms with Crippen molar-refractivity contribution in [2.75, 3.05) is 14.7 Å². The molecule has 0 atom stereocenters. The molecule has 392 valence electrons. The van der Waals surface area contributed by atoms with Crippen molar-refractivity contribution in [3.8, 4) is 0 Å². The largest absolute Gasteiger partial charge is 0.311 e. The maximum Gasteiger partial charge on any atom is 0.264 e. The number of hydrogen-bond acceptors (Lipinski definition) is 4. The minimum absolute atomic E-state index is 0.00638. The minimum atomic E-state index is -0.415. The summed E-state index contributed by atoms with van der Waals surface area (Å²) in [7, 11) is 0. The molecule has 1 aromatic heterocycles. The van der Waals surface area contributed by atoms with Crippen LogP contribution in [0, 0.1) is 0 Å². The first-order chi connectivity index (χ1) is 38.3. The smallest absolute Gasteiger partial charge is 0.264 e. The highest BCUT2D eigenvalue weighted by Gasteiger charge is 2.50. The lowest BCUT2D eigenvalue weighted by molar-refractivity contribution is 0.332. The maximum absolute atomic E-state index is 9.69. The number of para-hydroxylation sites is 2. The summed E-state index contributed by atoms with van der Waals surface area (Å²) in [4.78, 5) is 7.04. The first-order valence-corrected chi connectivity index (χ1v) is 29.4. The Bertz CT molecular complexity index is 3980. The molecule has 3 heterocycles. The molecule has 0 spiro atoms. The fraction of sp³-hybridized carbons (Fsp3) is 0.389. The number of nitrogens with zero attached hydrogens (tertiary/aromatic N) is 3. The fourth-order valence-corrected chi connectivity index (χ4v) is 15.8. The Hall–Kier alpha value is -6.04. The molecular weight excluding hydrogens is 950 g/mol. The molecule has 0 fully saturated rings. The summed E-state index contributed by atoms with van der Waals surface area (Å²) in [5.74, 6) is 0. The van der Waals surface area contributed by atoms with Gasteiger partial charge in [-0.05, 0) is 205 Å². The molecule has 3 nitrogen and oxygen atoms in total. The van der Waals surface area contributed by atoms with Gasteiger partial charge < -0.3 is 14.7 Å². The van der Waals surface area contributed by atoms with Gasteiger partial charge in [0, 0.05) is 54.7 Å². The number of fused-ring (bicyclic) bond motifs is 9. The van der Waals surface area contributed by atoms with Gasteiger partial charge in [-0.2, -0.15) is 0 Å². The lowest BCUT2D eigenvalue weighted by atomic mass is 9.35. The molecule has 0 bridgehead atoms. The van der Waals surface area contributed by atoms with Gasteiger partial charge in [0.05, 0.1) is 18.2 Å². The summed E-state index contributed by atoms with van der Waals surface area (Å²) in [6.07, 6.45) is 6.59. The van der Waals surface area contributed by atoms with E-state index in [1.54, 1.807) is 0 Å². The molecule has 3 aliphatic carbocycles. The van der Waals surface area contributed by atoms with Crippen LogP contribution < -0.4 is 30.4 Å². The second-order valence-electron chi connectivity index (χ2n) is 28.6. The maximum atomic E-state index is 9.69. The number of rotatable bonds is 5. The van der Waals surface area contributed by atoms with Crippen LogP contribution >= 0.6 is 11.3 Å². The van der Waals surface area contributed by atoms with Gasteiger partial charge in [-0.15, -0.1) is 11.3 Å². The molecule has 5 aliphatic rings. The highest BCUT2D eigenvalue weighted by Crippen LogP contribution is 2.56. The van der Waals surface area contributed by atoms with Crippen LogP contribution in [0.1, 0.15) is 188 Å². The number of anilines is 9. The van der Waals surface area contributed by atoms with Gasteiger partial charge in [0.1, 0.15) is 0 Å². The Balaban J connectivity index is 1.23. The molecular formula is C72H80BN3S. The zero-order valence-electron chi connectivity index (χ0n) is 53.5. The van der Waals surface area contributed by atoms with E-state index < -0.39 is 6.04 Å². The van der Waals surface area contributed by atoms with Gasteiger partial charge in [-0.3, -0.25) is 0 Å². The highest BCUT2D eigenvalue weighted by molar-refractivity contribution is 7.33. The summed E-state index contributed by atoms with van der Waals surface area (Å²) in [6, 6.07) is 39.7. The van der Waals surface area contributed by atoms with Crippen LogP contribution in [0.4, 0.5) is 51.2 Å². The normalized spacial score (nSPS) is 20.5. The SMILES string of the molecule is [2H]c1c([2H])c([2H])c(N(c2ccccc2)c2cc3c4c(c2)N(c2ccc(C(C)(C)C)cc2)c2c(sc5cc6c(cc25)C(C)(C)CCC6(C)C)B4c2cc4c(cc2N3c2ccc3c(c2)C(C)(C)CCC3(C)C)C(C)(C)CCC4(C)C)c([2H])c1[2H]. The van der Waals surface area contributed by atoms with Crippen molar-refractivity contribution in [1.29, 1.82) is 0 Å². The predicted octanol–water partition coefficient (Wildman–Crippen LogP) is 18.8. The van der Waals surface area contributed by atoms with Crippen LogP contribution in [0.15, 0.2) is 139 Å². The van der Waals surface area contributed by atoms with E-state index in [0.29, 0.717) is 11.4 Å². The standard InChI is InChI=1S/C72H80BN3S/c1-66(2,3)45-26-28-48(29-27-45)76-61-40-50(74(46-22-18-16-19-23-46)47-24-20-17-21-25-47)39-60-63(61)73(65-64(76)51-41-54-57(44-62(51)77-65)72(14,15)37-34-69(54,8)9)58-42-55-56(71(12,13)36-35-70(55,10)11)43-59(58)75(60)49-30-31-52-53(38-49)68(6,7)33-32-67(52,4)5/h16-31,38-44H,32-37H2,1-15H3/i16D,18D,19D,22D,23D. The third-order valence-electron chi connectivity index (χ3n) is 19.7. The molecule has 0 N–H and O–H groups in total. The summed E-state index contributed by atoms with van der Waals surface area (Å²) in [6.45, 7) is 35.8. The van der Waals surface area contributed by atoms with Crippen molar-refractivity contribution < 1.29 is 6.85 Å². The van der Waals surface area contributed by atoms with Gasteiger partial charge in [0.15, 0.2) is 0 Å². The van der Waals surface area contributed by atoms with E-state index >= 15 is 0 Å². The van der Waals surface area contributed by atoms with E-state index in [-0.39, 0.29) is 74.5 Å². The van der Waals surface area contributed by atoms with Crippen molar-refractivity contribution in [2.24, 2.45) is 0 Å². The quantitative estimate of drug-likeness (QED) is 0.159. The molecule has 0 unspecified atom stereocenters. The van der Waals surface area contributed by atoms with Crippen molar-refractivity contribution >= 4 is 95.0 Å². The van der Waals surface area contributed by atoms with Gasteiger partial charge in [-0.25, -0.2) is 0 Å². The lowest BCUT2D eigenvalue weighted by Crippen LogP contribution is -2.61. The molecule has 0 amide bonds. The topological polar surface area (TPSA) is 9.72 Å². The monoisotopic (exact) mass is 1030 g/mol. The summed E-state index contributed by atoms with van der Waals surface area (Å²) >= 11 is 1.97. The Kier molecular flexibility index (Phi) is 9.76. The van der Waals surface area contributed by atoms with Crippen molar-refractivity contribution in [1.82, 2.24) is 0 Å². The zero-order chi connectivity index (χ0) is 58.5. The van der Waals surface area contributed by atoms with Crippen LogP contribution in [0.25, 0.3) is 10.1 Å². The molecule has 2 aliphatic heterocycles. The van der Waals surface area contributed by atoms with E-state index in [1.165, 1.54) is 76.1 Å². The van der Waals surface area contributed by atoms with Crippen LogP contribution in [0.2, 0.25) is 0 Å². The van der Waals surface area contributed by atoms with Crippen LogP contribution in [0.5, 0.6) is 0 Å². The second kappa shape index (κ2) is 16.7. The van der Waals surface area contributed by atoms with E-state index in [1.807, 2.05) is 46.6 Å². The third-order valence-corrected chi connectivity index (χ3v) is 20.9. The average Bonchev–Trinajstić information content (AvgIpc) is 1.47. The van der Waals surface area contributed by atoms with Gasteiger partial charge in [-0.1, -0.05) is 164 Å². The first kappa shape index (κ1) is 44.9. The summed E-state index contributed by atoms with van der Waals surface area (Å²) in [5, 5.41) is 1.25. The molecule has 77 heavy (non-hydrogen) atoms. The first-order valence-electron chi connectivity index (χ1n) is 31.1. The number of hydrogen-bond donors (Lipinski definition) is 0. The minimum Gasteiger partial charge on any atom is -0.311 e. The van der Waals surface area contributed by atoms with Crippen LogP contribution in [0.3, 0.4) is 0 Å². The fourth-order valence-electron chi connectivity index (χ4n) is 14.4. The summed E-state index contributed by atoms with van der Waals surface area (Å²) in [5.41, 5.74) is 19.9. The zero-order valence-corrected chi connectivity index (χ0v) is 49.3. The second-order valence-corrected chi connectivity index (χ2v) is 29.7. The molecule has 7 aromatic carbocycles. The molecule has 5 heteroatoms. The Morgan fingerprint density at radius 1 is 0.481 bits per heavy atom. The van der Waals surface area contributed by atoms with Gasteiger partial charge in [0.2, 0.25) is 0 Å². The van der Waals surface area contributed by atoms with Gasteiger partial charge in [0.25, 0.3) is 6.71 Å². The van der Waals surface area contributed by atoms with Crippen molar-refractivity contribution in [3.05, 3.63) is 178 Å². The predicted molar refractivity (Wildman–Crippen MR) is 335 cm³/mol. The van der Waals surface area contributed by atoms with Crippen molar-refractivity contribution in [3.63, 3.8) is 0 Å². The summed E-state index contributed by atoms with van der Waals surface area (Å²) < 4.78 is 49.1. The van der Waals surface area contributed by atoms with E-state index in [4.69, 9.17) is 4.11 Å². The molecule has 0 radical (unpaired) electrons. The molecule has 0 saturated carbocycles. The van der Waals surface area contributed by atoms with E-state index in [0.717, 1.165) is 61.3 Å². The van der Waals surface area contributed by atoms with Gasteiger partial charge >= 0.3 is 0 Å². The lowest BCUT2D eigenvalue weighted by Gasteiger charge is -2.48. The Labute approximate surface area is 472 Å². The van der Waals surface area contributed by atoms with Crippen LogP contribution in [-0.4, -0.2) is 6.71 Å². The molecule has 13 rings (SSSR count). The third kappa shape index (κ3) is 7.77. The Morgan fingerprint density at radius 2 is 0.987 bits per heavy atom. The number of thiophene rings is 1. The number of benzene rings is 7. The highest BCUT2D eigenvalue weighted by atomic mass is 32.1. The average molecular weight is 1040 g/mol. The van der Waals surface area contributed by atoms with E-state index in [9.17, 15) is 2.74 Å². The molecule has 8 aromatic rings. The Morgan fingerprint density at radius 3 is 1.57 bits per heavy atom.